The van der Waals surface area contributed by atoms with Crippen LogP contribution in [0.3, 0.4) is 0 Å². The number of hydrogen-bond donors (Lipinski definition) is 1. The molecule has 0 amide bonds. The minimum atomic E-state index is -3.55. The molecule has 0 spiro atoms. The van der Waals surface area contributed by atoms with Crippen molar-refractivity contribution < 1.29 is 17.7 Å². The zero-order chi connectivity index (χ0) is 24.2. The lowest BCUT2D eigenvalue weighted by molar-refractivity contribution is -0.000436. The highest BCUT2D eigenvalue weighted by Crippen LogP contribution is 2.40. The molecule has 0 aliphatic rings. The molecule has 5 heteroatoms. The summed E-state index contributed by atoms with van der Waals surface area (Å²) in [6.07, 6.45) is 5.59. The summed E-state index contributed by atoms with van der Waals surface area (Å²) < 4.78 is 28.2. The number of aryl methyl sites for hydroxylation is 2. The highest BCUT2D eigenvalue weighted by atomic mass is 32.2. The Balaban J connectivity index is 2.29. The third kappa shape index (κ3) is 6.14. The molecule has 2 aromatic rings. The van der Waals surface area contributed by atoms with Crippen molar-refractivity contribution in [2.75, 3.05) is 6.26 Å². The maximum absolute atomic E-state index is 11.5. The van der Waals surface area contributed by atoms with Gasteiger partial charge in [-0.15, -0.1) is 0 Å². The van der Waals surface area contributed by atoms with Crippen molar-refractivity contribution in [2.24, 2.45) is 5.92 Å². The van der Waals surface area contributed by atoms with Crippen LogP contribution in [-0.2, 0) is 22.0 Å². The van der Waals surface area contributed by atoms with Crippen LogP contribution in [0.25, 0.3) is 0 Å². The van der Waals surface area contributed by atoms with Crippen LogP contribution in [0.2, 0.25) is 0 Å². The van der Waals surface area contributed by atoms with Gasteiger partial charge in [0.15, 0.2) is 0 Å². The molecular weight excluding hydrogens is 420 g/mol. The van der Waals surface area contributed by atoms with Gasteiger partial charge in [0.1, 0.15) is 5.75 Å². The molecule has 1 N–H and O–H groups in total. The Morgan fingerprint density at radius 1 is 0.969 bits per heavy atom. The van der Waals surface area contributed by atoms with Gasteiger partial charge in [-0.2, -0.15) is 8.42 Å². The lowest BCUT2D eigenvalue weighted by Crippen LogP contribution is -2.32. The van der Waals surface area contributed by atoms with Gasteiger partial charge >= 0.3 is 10.1 Å². The van der Waals surface area contributed by atoms with Crippen molar-refractivity contribution in [3.63, 3.8) is 0 Å². The van der Waals surface area contributed by atoms with E-state index in [-0.39, 0.29) is 11.3 Å². The average molecular weight is 461 g/mol. The Morgan fingerprint density at radius 2 is 1.53 bits per heavy atom. The molecule has 2 rings (SSSR count). The normalized spacial score (nSPS) is 15.2. The molecule has 0 bridgehead atoms. The van der Waals surface area contributed by atoms with E-state index in [1.54, 1.807) is 6.07 Å². The van der Waals surface area contributed by atoms with Gasteiger partial charge in [0.2, 0.25) is 0 Å². The molecule has 0 radical (unpaired) electrons. The molecule has 4 nitrogen and oxygen atoms in total. The predicted molar refractivity (Wildman–Crippen MR) is 133 cm³/mol. The van der Waals surface area contributed by atoms with Gasteiger partial charge < -0.3 is 9.29 Å². The fourth-order valence-corrected chi connectivity index (χ4v) is 4.98. The van der Waals surface area contributed by atoms with Crippen LogP contribution in [0.5, 0.6) is 5.75 Å². The topological polar surface area (TPSA) is 63.6 Å². The van der Waals surface area contributed by atoms with E-state index in [0.717, 1.165) is 43.9 Å². The van der Waals surface area contributed by atoms with Crippen molar-refractivity contribution in [3.05, 3.63) is 64.7 Å². The molecule has 0 heterocycles. The van der Waals surface area contributed by atoms with E-state index in [9.17, 15) is 13.5 Å². The maximum Gasteiger partial charge on any atom is 0.306 e. The van der Waals surface area contributed by atoms with E-state index < -0.39 is 15.7 Å². The highest BCUT2D eigenvalue weighted by molar-refractivity contribution is 7.86. The Bertz CT molecular complexity index is 987. The smallest absolute Gasteiger partial charge is 0.306 e. The van der Waals surface area contributed by atoms with E-state index in [0.29, 0.717) is 5.75 Å². The molecule has 0 aliphatic carbocycles. The average Bonchev–Trinajstić information content (AvgIpc) is 2.75. The minimum Gasteiger partial charge on any atom is -0.390 e. The van der Waals surface area contributed by atoms with E-state index in [4.69, 9.17) is 4.18 Å². The third-order valence-corrected chi connectivity index (χ3v) is 7.81. The van der Waals surface area contributed by atoms with Crippen molar-refractivity contribution in [1.82, 2.24) is 0 Å². The van der Waals surface area contributed by atoms with Gasteiger partial charge in [-0.3, -0.25) is 0 Å². The Labute approximate surface area is 195 Å². The molecule has 2 aromatic carbocycles. The van der Waals surface area contributed by atoms with Crippen molar-refractivity contribution >= 4 is 10.1 Å². The third-order valence-electron chi connectivity index (χ3n) is 7.33. The SMILES string of the molecule is CCC(CC)(c1ccc(CCC(C)C(C)(O)CC)cc1)c1ccc(OS(C)(=O)=O)c(C)c1. The molecule has 32 heavy (non-hydrogen) atoms. The molecule has 2 atom stereocenters. The summed E-state index contributed by atoms with van der Waals surface area (Å²) in [6, 6.07) is 14.7. The van der Waals surface area contributed by atoms with Gasteiger partial charge in [-0.05, 0) is 80.2 Å². The maximum atomic E-state index is 11.5. The predicted octanol–water partition coefficient (Wildman–Crippen LogP) is 6.17. The van der Waals surface area contributed by atoms with Crippen LogP contribution in [0.1, 0.15) is 82.6 Å². The largest absolute Gasteiger partial charge is 0.390 e. The second-order valence-electron chi connectivity index (χ2n) is 9.40. The first-order valence-electron chi connectivity index (χ1n) is 11.7. The number of aliphatic hydroxyl groups is 1. The Kier molecular flexibility index (Phi) is 8.57. The quantitative estimate of drug-likeness (QED) is 0.407. The first-order chi connectivity index (χ1) is 14.9. The first kappa shape index (κ1) is 26.4. The second kappa shape index (κ2) is 10.4. The highest BCUT2D eigenvalue weighted by Gasteiger charge is 2.31. The summed E-state index contributed by atoms with van der Waals surface area (Å²) >= 11 is 0. The fraction of sp³-hybridized carbons (Fsp3) is 0.556. The van der Waals surface area contributed by atoms with Crippen LogP contribution in [0, 0.1) is 12.8 Å². The molecule has 2 unspecified atom stereocenters. The number of benzene rings is 2. The zero-order valence-electron chi connectivity index (χ0n) is 20.7. The van der Waals surface area contributed by atoms with E-state index >= 15 is 0 Å². The summed E-state index contributed by atoms with van der Waals surface area (Å²) in [7, 11) is -3.55. The first-order valence-corrected chi connectivity index (χ1v) is 13.5. The molecule has 178 valence electrons. The van der Waals surface area contributed by atoms with E-state index in [1.807, 2.05) is 26.8 Å². The summed E-state index contributed by atoms with van der Waals surface area (Å²) in [5.41, 5.74) is 3.75. The molecule has 0 fully saturated rings. The van der Waals surface area contributed by atoms with Gasteiger partial charge in [0.25, 0.3) is 0 Å². The van der Waals surface area contributed by atoms with E-state index in [2.05, 4.69) is 51.1 Å². The Hall–Kier alpha value is -1.85. The second-order valence-corrected chi connectivity index (χ2v) is 11.0. The van der Waals surface area contributed by atoms with Crippen LogP contribution in [0.15, 0.2) is 42.5 Å². The zero-order valence-corrected chi connectivity index (χ0v) is 21.6. The number of hydrogen-bond acceptors (Lipinski definition) is 4. The van der Waals surface area contributed by atoms with Crippen LogP contribution in [-0.4, -0.2) is 25.4 Å². The van der Waals surface area contributed by atoms with Crippen LogP contribution >= 0.6 is 0 Å². The van der Waals surface area contributed by atoms with E-state index in [1.165, 1.54) is 16.7 Å². The lowest BCUT2D eigenvalue weighted by Gasteiger charge is -2.34. The molecule has 0 aromatic heterocycles. The lowest BCUT2D eigenvalue weighted by atomic mass is 9.70. The number of rotatable bonds is 11. The molecule has 0 saturated heterocycles. The molecule has 0 aliphatic heterocycles. The monoisotopic (exact) mass is 460 g/mol. The fourth-order valence-electron chi connectivity index (χ4n) is 4.47. The molecule has 0 saturated carbocycles. The van der Waals surface area contributed by atoms with Crippen LogP contribution < -0.4 is 4.18 Å². The minimum absolute atomic E-state index is 0.147. The van der Waals surface area contributed by atoms with Gasteiger partial charge in [-0.25, -0.2) is 0 Å². The van der Waals surface area contributed by atoms with Crippen LogP contribution in [0.4, 0.5) is 0 Å². The molecular formula is C27H40O4S. The summed E-state index contributed by atoms with van der Waals surface area (Å²) in [5, 5.41) is 10.5. The van der Waals surface area contributed by atoms with Crippen molar-refractivity contribution in [2.45, 2.75) is 84.7 Å². The van der Waals surface area contributed by atoms with Gasteiger partial charge in [0, 0.05) is 5.41 Å². The van der Waals surface area contributed by atoms with Crippen molar-refractivity contribution in [3.8, 4) is 5.75 Å². The standard InChI is InChI=1S/C27H40O4S/c1-8-26(6,28)21(5)11-12-22-13-15-23(16-14-22)27(9-2,10-3)24-17-18-25(20(4)19-24)31-32(7,29)30/h13-19,21,28H,8-12H2,1-7H3. The Morgan fingerprint density at radius 3 is 2.00 bits per heavy atom. The summed E-state index contributed by atoms with van der Waals surface area (Å²) in [5.74, 6) is 0.623. The van der Waals surface area contributed by atoms with Gasteiger partial charge in [-0.1, -0.05) is 64.1 Å². The van der Waals surface area contributed by atoms with Gasteiger partial charge in [0.05, 0.1) is 11.9 Å². The van der Waals surface area contributed by atoms with Crippen molar-refractivity contribution in [1.29, 1.82) is 0 Å². The summed E-state index contributed by atoms with van der Waals surface area (Å²) in [6.45, 7) is 12.4. The summed E-state index contributed by atoms with van der Waals surface area (Å²) in [4.78, 5) is 0.